The van der Waals surface area contributed by atoms with Crippen molar-refractivity contribution in [1.29, 1.82) is 0 Å². The summed E-state index contributed by atoms with van der Waals surface area (Å²) in [5.74, 6) is -1.07. The second-order valence-electron chi connectivity index (χ2n) is 3.43. The number of aromatic nitrogens is 1. The molecule has 1 rings (SSSR count). The van der Waals surface area contributed by atoms with Crippen molar-refractivity contribution in [1.82, 2.24) is 4.98 Å². The van der Waals surface area contributed by atoms with E-state index in [0.717, 1.165) is 0 Å². The van der Waals surface area contributed by atoms with Gasteiger partial charge < -0.3 is 20.9 Å². The van der Waals surface area contributed by atoms with Gasteiger partial charge in [0.25, 0.3) is 5.91 Å². The third kappa shape index (κ3) is 4.30. The molecule has 0 radical (unpaired) electrons. The second-order valence-corrected chi connectivity index (χ2v) is 4.36. The highest BCUT2D eigenvalue weighted by molar-refractivity contribution is 7.78. The van der Waals surface area contributed by atoms with E-state index in [1.807, 2.05) is 0 Å². The van der Waals surface area contributed by atoms with Crippen molar-refractivity contribution in [2.45, 2.75) is 12.7 Å². The Morgan fingerprint density at radius 2 is 2.21 bits per heavy atom. The van der Waals surface area contributed by atoms with Crippen LogP contribution < -0.4 is 11.5 Å². The van der Waals surface area contributed by atoms with Crippen LogP contribution in [0.25, 0.3) is 0 Å². The highest BCUT2D eigenvalue weighted by Gasteiger charge is 2.14. The molecule has 1 aromatic rings. The number of nitrogens with zero attached hydrogens (tertiary/aromatic N) is 2. The highest BCUT2D eigenvalue weighted by atomic mass is 32.2. The van der Waals surface area contributed by atoms with E-state index in [-0.39, 0.29) is 28.5 Å². The standard InChI is InChI=1S/C10H14N4O4S/c1-2-18-14-9(11)7-4-3-6(5-19(16)17)8(13-7)10(12)15/h3-4H,2,5H2,1H3,(H2,11,14)(H2,12,15)(H,16,17). The van der Waals surface area contributed by atoms with E-state index in [1.54, 1.807) is 6.92 Å². The lowest BCUT2D eigenvalue weighted by atomic mass is 10.2. The predicted molar refractivity (Wildman–Crippen MR) is 69.6 cm³/mol. The molecule has 104 valence electrons. The molecule has 0 aromatic carbocycles. The minimum atomic E-state index is -2.10. The topological polar surface area (TPSA) is 141 Å². The third-order valence-electron chi connectivity index (χ3n) is 2.05. The van der Waals surface area contributed by atoms with Crippen LogP contribution in [-0.4, -0.2) is 32.1 Å². The lowest BCUT2D eigenvalue weighted by Crippen LogP contribution is -2.22. The summed E-state index contributed by atoms with van der Waals surface area (Å²) in [6.45, 7) is 2.07. The maximum atomic E-state index is 11.3. The monoisotopic (exact) mass is 286 g/mol. The van der Waals surface area contributed by atoms with E-state index >= 15 is 0 Å². The van der Waals surface area contributed by atoms with Crippen LogP contribution in [0.15, 0.2) is 17.3 Å². The van der Waals surface area contributed by atoms with Crippen LogP contribution in [0, 0.1) is 0 Å². The third-order valence-corrected chi connectivity index (χ3v) is 2.60. The number of carbonyl (C=O) groups excluding carboxylic acids is 1. The fraction of sp³-hybridized carbons (Fsp3) is 0.300. The molecule has 0 saturated carbocycles. The van der Waals surface area contributed by atoms with Gasteiger partial charge in [0.2, 0.25) is 0 Å². The quantitative estimate of drug-likeness (QED) is 0.280. The van der Waals surface area contributed by atoms with Gasteiger partial charge in [0, 0.05) is 0 Å². The minimum absolute atomic E-state index is 0.0129. The Morgan fingerprint density at radius 1 is 1.53 bits per heavy atom. The summed E-state index contributed by atoms with van der Waals surface area (Å²) in [5, 5.41) is 3.57. The van der Waals surface area contributed by atoms with Gasteiger partial charge in [-0.1, -0.05) is 11.2 Å². The van der Waals surface area contributed by atoms with Crippen molar-refractivity contribution >= 4 is 22.8 Å². The Bertz CT molecular complexity index is 532. The van der Waals surface area contributed by atoms with Crippen LogP contribution in [0.1, 0.15) is 28.7 Å². The van der Waals surface area contributed by atoms with Crippen molar-refractivity contribution in [3.8, 4) is 0 Å². The van der Waals surface area contributed by atoms with Crippen LogP contribution in [0.5, 0.6) is 0 Å². The lowest BCUT2D eigenvalue weighted by molar-refractivity contribution is 0.0995. The Kier molecular flexibility index (Phi) is 5.39. The molecule has 9 heteroatoms. The maximum Gasteiger partial charge on any atom is 0.267 e. The van der Waals surface area contributed by atoms with Crippen molar-refractivity contribution in [3.05, 3.63) is 29.1 Å². The molecule has 0 aliphatic heterocycles. The summed E-state index contributed by atoms with van der Waals surface area (Å²) in [7, 11) is 0. The first-order valence-electron chi connectivity index (χ1n) is 5.28. The largest absolute Gasteiger partial charge is 0.394 e. The number of amides is 1. The van der Waals surface area contributed by atoms with E-state index < -0.39 is 17.0 Å². The van der Waals surface area contributed by atoms with Gasteiger partial charge in [0.05, 0.1) is 5.75 Å². The first-order valence-corrected chi connectivity index (χ1v) is 6.56. The van der Waals surface area contributed by atoms with Gasteiger partial charge in [-0.25, -0.2) is 9.19 Å². The van der Waals surface area contributed by atoms with Gasteiger partial charge in [-0.2, -0.15) is 0 Å². The zero-order valence-electron chi connectivity index (χ0n) is 10.2. The Labute approximate surface area is 112 Å². The van der Waals surface area contributed by atoms with E-state index in [0.29, 0.717) is 6.61 Å². The number of primary amides is 1. The van der Waals surface area contributed by atoms with E-state index in [2.05, 4.69) is 10.1 Å². The molecule has 1 heterocycles. The lowest BCUT2D eigenvalue weighted by Gasteiger charge is -2.06. The molecular formula is C10H14N4O4S. The van der Waals surface area contributed by atoms with E-state index in [4.69, 9.17) is 20.9 Å². The molecule has 19 heavy (non-hydrogen) atoms. The molecule has 0 spiro atoms. The van der Waals surface area contributed by atoms with Gasteiger partial charge >= 0.3 is 0 Å². The average molecular weight is 286 g/mol. The molecule has 1 amide bonds. The highest BCUT2D eigenvalue weighted by Crippen LogP contribution is 2.10. The molecule has 0 aliphatic rings. The van der Waals surface area contributed by atoms with Gasteiger partial charge in [0.15, 0.2) is 16.9 Å². The first kappa shape index (κ1) is 15.1. The van der Waals surface area contributed by atoms with Crippen LogP contribution in [0.4, 0.5) is 0 Å². The van der Waals surface area contributed by atoms with Crippen molar-refractivity contribution in [2.75, 3.05) is 6.61 Å². The minimum Gasteiger partial charge on any atom is -0.394 e. The van der Waals surface area contributed by atoms with E-state index in [9.17, 15) is 9.00 Å². The van der Waals surface area contributed by atoms with Crippen LogP contribution in [0.2, 0.25) is 0 Å². The van der Waals surface area contributed by atoms with Gasteiger partial charge in [-0.3, -0.25) is 4.79 Å². The number of oxime groups is 1. The SMILES string of the molecule is CCO/N=C(\N)c1ccc(CS(=O)O)c(C(N)=O)n1. The first-order chi connectivity index (χ1) is 8.95. The molecule has 8 nitrogen and oxygen atoms in total. The van der Waals surface area contributed by atoms with Crippen molar-refractivity contribution < 1.29 is 18.4 Å². The van der Waals surface area contributed by atoms with Crippen LogP contribution in [0.3, 0.4) is 0 Å². The Balaban J connectivity index is 3.15. The number of carbonyl (C=O) groups is 1. The molecule has 1 aromatic heterocycles. The number of hydrogen-bond acceptors (Lipinski definition) is 5. The molecule has 1 atom stereocenters. The average Bonchev–Trinajstić information content (AvgIpc) is 2.35. The van der Waals surface area contributed by atoms with Gasteiger partial charge in [0.1, 0.15) is 18.0 Å². The molecule has 0 bridgehead atoms. The Morgan fingerprint density at radius 3 is 2.74 bits per heavy atom. The summed E-state index contributed by atoms with van der Waals surface area (Å²) >= 11 is -2.10. The van der Waals surface area contributed by atoms with Crippen molar-refractivity contribution in [3.63, 3.8) is 0 Å². The fourth-order valence-corrected chi connectivity index (χ4v) is 1.77. The van der Waals surface area contributed by atoms with Gasteiger partial charge in [-0.15, -0.1) is 0 Å². The fourth-order valence-electron chi connectivity index (χ4n) is 1.27. The van der Waals surface area contributed by atoms with E-state index in [1.165, 1.54) is 12.1 Å². The number of nitrogens with two attached hydrogens (primary N) is 2. The van der Waals surface area contributed by atoms with Crippen LogP contribution >= 0.6 is 0 Å². The number of rotatable bonds is 6. The molecule has 5 N–H and O–H groups in total. The number of hydrogen-bond donors (Lipinski definition) is 3. The molecule has 0 fully saturated rings. The second kappa shape index (κ2) is 6.81. The number of amidine groups is 1. The summed E-state index contributed by atoms with van der Waals surface area (Å²) in [5.41, 5.74) is 11.1. The summed E-state index contributed by atoms with van der Waals surface area (Å²) in [6.07, 6.45) is 0. The van der Waals surface area contributed by atoms with Crippen LogP contribution in [-0.2, 0) is 21.7 Å². The number of pyridine rings is 1. The zero-order chi connectivity index (χ0) is 14.4. The molecular weight excluding hydrogens is 272 g/mol. The molecule has 1 unspecified atom stereocenters. The predicted octanol–water partition coefficient (Wildman–Crippen LogP) is -0.441. The Hall–Kier alpha value is -2.00. The molecule has 0 saturated heterocycles. The smallest absolute Gasteiger partial charge is 0.267 e. The summed E-state index contributed by atoms with van der Waals surface area (Å²) in [4.78, 5) is 19.9. The van der Waals surface area contributed by atoms with Gasteiger partial charge in [-0.05, 0) is 18.6 Å². The summed E-state index contributed by atoms with van der Waals surface area (Å²) < 4.78 is 19.6. The van der Waals surface area contributed by atoms with Crippen molar-refractivity contribution in [2.24, 2.45) is 16.6 Å². The normalized spacial score (nSPS) is 13.1. The zero-order valence-corrected chi connectivity index (χ0v) is 11.0. The molecule has 0 aliphatic carbocycles. The summed E-state index contributed by atoms with van der Waals surface area (Å²) in [6, 6.07) is 2.91. The maximum absolute atomic E-state index is 11.3.